The second-order valence-electron chi connectivity index (χ2n) is 6.02. The number of imide groups is 1. The largest absolute Gasteiger partial charge is 0.487 e. The maximum Gasteiger partial charge on any atom is 0.293 e. The summed E-state index contributed by atoms with van der Waals surface area (Å²) in [4.78, 5) is 26.1. The SMILES string of the molecule is COCCN1C(=O)S/C(=C/c2cc(I)c(OCc3ccccc3Cl)c(I)c2)C1=O. The molecule has 29 heavy (non-hydrogen) atoms. The fraction of sp³-hybridized carbons (Fsp3) is 0.200. The molecule has 1 saturated heterocycles. The van der Waals surface area contributed by atoms with Gasteiger partial charge in [0, 0.05) is 17.7 Å². The smallest absolute Gasteiger partial charge is 0.293 e. The zero-order valence-electron chi connectivity index (χ0n) is 15.3. The molecule has 1 aliphatic rings. The highest BCUT2D eigenvalue weighted by Crippen LogP contribution is 2.35. The lowest BCUT2D eigenvalue weighted by Gasteiger charge is -2.12. The van der Waals surface area contributed by atoms with E-state index in [1.165, 1.54) is 12.0 Å². The molecular formula is C20H16ClI2NO4S. The van der Waals surface area contributed by atoms with E-state index in [1.54, 1.807) is 6.08 Å². The first kappa shape index (κ1) is 22.9. The van der Waals surface area contributed by atoms with Crippen LogP contribution in [0, 0.1) is 7.14 Å². The minimum atomic E-state index is -0.291. The number of rotatable bonds is 7. The maximum atomic E-state index is 12.5. The van der Waals surface area contributed by atoms with E-state index in [2.05, 4.69) is 45.2 Å². The summed E-state index contributed by atoms with van der Waals surface area (Å²) in [5.41, 5.74) is 1.75. The second-order valence-corrected chi connectivity index (χ2v) is 9.74. The number of thioether (sulfide) groups is 1. The molecule has 0 spiro atoms. The van der Waals surface area contributed by atoms with Gasteiger partial charge < -0.3 is 9.47 Å². The van der Waals surface area contributed by atoms with Gasteiger partial charge in [-0.2, -0.15) is 0 Å². The van der Waals surface area contributed by atoms with Gasteiger partial charge in [-0.1, -0.05) is 29.8 Å². The molecule has 152 valence electrons. The predicted molar refractivity (Wildman–Crippen MR) is 132 cm³/mol. The minimum absolute atomic E-state index is 0.252. The van der Waals surface area contributed by atoms with Crippen LogP contribution in [-0.2, 0) is 16.1 Å². The first-order valence-corrected chi connectivity index (χ1v) is 11.9. The first-order chi connectivity index (χ1) is 13.9. The van der Waals surface area contributed by atoms with Gasteiger partial charge >= 0.3 is 0 Å². The third kappa shape index (κ3) is 5.66. The molecule has 0 aliphatic carbocycles. The Bertz CT molecular complexity index is 960. The summed E-state index contributed by atoms with van der Waals surface area (Å²) >= 11 is 11.5. The van der Waals surface area contributed by atoms with Gasteiger partial charge in [0.15, 0.2) is 0 Å². The van der Waals surface area contributed by atoms with Crippen molar-refractivity contribution in [3.63, 3.8) is 0 Å². The van der Waals surface area contributed by atoms with Gasteiger partial charge in [-0.3, -0.25) is 14.5 Å². The molecule has 0 aromatic heterocycles. The van der Waals surface area contributed by atoms with Crippen molar-refractivity contribution in [2.45, 2.75) is 6.61 Å². The van der Waals surface area contributed by atoms with Gasteiger partial charge in [0.1, 0.15) is 12.4 Å². The van der Waals surface area contributed by atoms with Gasteiger partial charge in [-0.05, 0) is 86.8 Å². The van der Waals surface area contributed by atoms with E-state index >= 15 is 0 Å². The molecule has 1 fully saturated rings. The number of benzene rings is 2. The number of halogens is 3. The maximum absolute atomic E-state index is 12.5. The Kier molecular flexibility index (Phi) is 8.25. The zero-order valence-corrected chi connectivity index (χ0v) is 21.2. The van der Waals surface area contributed by atoms with Crippen LogP contribution in [0.1, 0.15) is 11.1 Å². The molecule has 1 heterocycles. The van der Waals surface area contributed by atoms with Gasteiger partial charge in [0.25, 0.3) is 11.1 Å². The predicted octanol–water partition coefficient (Wildman–Crippen LogP) is 5.81. The van der Waals surface area contributed by atoms with Crippen molar-refractivity contribution in [1.29, 1.82) is 0 Å². The van der Waals surface area contributed by atoms with E-state index in [-0.39, 0.29) is 17.7 Å². The first-order valence-electron chi connectivity index (χ1n) is 8.50. The third-order valence-electron chi connectivity index (χ3n) is 4.04. The van der Waals surface area contributed by atoms with Crippen LogP contribution < -0.4 is 4.74 Å². The Hall–Kier alpha value is -0.820. The minimum Gasteiger partial charge on any atom is -0.487 e. The molecule has 3 rings (SSSR count). The molecule has 1 aliphatic heterocycles. The van der Waals surface area contributed by atoms with Crippen LogP contribution in [0.15, 0.2) is 41.3 Å². The van der Waals surface area contributed by atoms with Crippen molar-refractivity contribution >= 4 is 85.8 Å². The normalized spacial score (nSPS) is 15.4. The quantitative estimate of drug-likeness (QED) is 0.279. The number of hydrogen-bond donors (Lipinski definition) is 0. The van der Waals surface area contributed by atoms with Gasteiger partial charge in [0.2, 0.25) is 0 Å². The molecule has 2 amide bonds. The fourth-order valence-corrected chi connectivity index (χ4v) is 5.78. The number of amides is 2. The Balaban J connectivity index is 1.77. The van der Waals surface area contributed by atoms with Crippen molar-refractivity contribution in [2.24, 2.45) is 0 Å². The summed E-state index contributed by atoms with van der Waals surface area (Å²) < 4.78 is 12.8. The van der Waals surface area contributed by atoms with Gasteiger partial charge in [-0.15, -0.1) is 0 Å². The van der Waals surface area contributed by atoms with Crippen LogP contribution >= 0.6 is 68.5 Å². The molecule has 5 nitrogen and oxygen atoms in total. The van der Waals surface area contributed by atoms with Crippen LogP contribution in [0.25, 0.3) is 6.08 Å². The van der Waals surface area contributed by atoms with E-state index < -0.39 is 0 Å². The van der Waals surface area contributed by atoms with Crippen molar-refractivity contribution in [3.8, 4) is 5.75 Å². The second kappa shape index (κ2) is 10.5. The van der Waals surface area contributed by atoms with Crippen LogP contribution in [0.4, 0.5) is 4.79 Å². The lowest BCUT2D eigenvalue weighted by Crippen LogP contribution is -2.31. The Morgan fingerprint density at radius 2 is 1.86 bits per heavy atom. The highest BCUT2D eigenvalue weighted by molar-refractivity contribution is 14.1. The third-order valence-corrected chi connectivity index (χ3v) is 6.92. The fourth-order valence-electron chi connectivity index (χ4n) is 2.59. The number of carbonyl (C=O) groups is 2. The van der Waals surface area contributed by atoms with Crippen molar-refractivity contribution in [2.75, 3.05) is 20.3 Å². The van der Waals surface area contributed by atoms with Crippen LogP contribution in [0.2, 0.25) is 5.02 Å². The average molecular weight is 656 g/mol. The highest BCUT2D eigenvalue weighted by Gasteiger charge is 2.34. The number of methoxy groups -OCH3 is 1. The molecule has 0 saturated carbocycles. The summed E-state index contributed by atoms with van der Waals surface area (Å²) in [7, 11) is 1.54. The Labute approximate surface area is 205 Å². The topological polar surface area (TPSA) is 55.8 Å². The average Bonchev–Trinajstić information content (AvgIpc) is 2.93. The van der Waals surface area contributed by atoms with Crippen molar-refractivity contribution in [1.82, 2.24) is 4.90 Å². The molecule has 9 heteroatoms. The molecule has 0 atom stereocenters. The molecule has 0 N–H and O–H groups in total. The zero-order chi connectivity index (χ0) is 21.0. The van der Waals surface area contributed by atoms with E-state index in [4.69, 9.17) is 21.1 Å². The standard InChI is InChI=1S/C20H16ClI2NO4S/c1-27-7-6-24-19(25)17(29-20(24)26)10-12-8-15(22)18(16(23)9-12)28-11-13-4-2-3-5-14(13)21/h2-5,8-10H,6-7,11H2,1H3/b17-10+. The van der Waals surface area contributed by atoms with E-state index in [0.29, 0.717) is 23.1 Å². The lowest BCUT2D eigenvalue weighted by molar-refractivity contribution is -0.123. The summed E-state index contributed by atoms with van der Waals surface area (Å²) in [6, 6.07) is 11.4. The Morgan fingerprint density at radius 1 is 1.17 bits per heavy atom. The van der Waals surface area contributed by atoms with Gasteiger partial charge in [-0.25, -0.2) is 0 Å². The van der Waals surface area contributed by atoms with Crippen LogP contribution in [0.3, 0.4) is 0 Å². The lowest BCUT2D eigenvalue weighted by atomic mass is 10.2. The number of ether oxygens (including phenoxy) is 2. The summed E-state index contributed by atoms with van der Waals surface area (Å²) in [6.45, 7) is 0.935. The number of hydrogen-bond acceptors (Lipinski definition) is 5. The van der Waals surface area contributed by atoms with Crippen molar-refractivity contribution in [3.05, 3.63) is 64.6 Å². The van der Waals surface area contributed by atoms with E-state index in [9.17, 15) is 9.59 Å². The molecule has 0 unspecified atom stereocenters. The molecule has 2 aromatic rings. The molecule has 2 aromatic carbocycles. The number of carbonyl (C=O) groups excluding carboxylic acids is 2. The highest BCUT2D eigenvalue weighted by atomic mass is 127. The number of nitrogens with zero attached hydrogens (tertiary/aromatic N) is 1. The summed E-state index contributed by atoms with van der Waals surface area (Å²) in [5.74, 6) is 0.470. The van der Waals surface area contributed by atoms with Crippen molar-refractivity contribution < 1.29 is 19.1 Å². The van der Waals surface area contributed by atoms with Gasteiger partial charge in [0.05, 0.1) is 25.2 Å². The van der Waals surface area contributed by atoms with Crippen LogP contribution in [0.5, 0.6) is 5.75 Å². The molecule has 0 radical (unpaired) electrons. The monoisotopic (exact) mass is 655 g/mol. The van der Waals surface area contributed by atoms with E-state index in [1.807, 2.05) is 36.4 Å². The molecular weight excluding hydrogens is 640 g/mol. The van der Waals surface area contributed by atoms with E-state index in [0.717, 1.165) is 35.8 Å². The molecule has 0 bridgehead atoms. The van der Waals surface area contributed by atoms with Crippen LogP contribution in [-0.4, -0.2) is 36.3 Å². The summed E-state index contributed by atoms with van der Waals surface area (Å²) in [6.07, 6.45) is 1.74. The Morgan fingerprint density at radius 3 is 2.52 bits per heavy atom. The summed E-state index contributed by atoms with van der Waals surface area (Å²) in [5, 5.41) is 0.390.